The lowest BCUT2D eigenvalue weighted by atomic mass is 10.3. The molecule has 0 aromatic heterocycles. The van der Waals surface area contributed by atoms with Crippen LogP contribution in [0.3, 0.4) is 0 Å². The molecule has 86 valence electrons. The minimum Gasteiger partial charge on any atom is -0.391 e. The lowest BCUT2D eigenvalue weighted by molar-refractivity contribution is -0.314. The van der Waals surface area contributed by atoms with E-state index in [-0.39, 0.29) is 22.5 Å². The minimum atomic E-state index is -1.67. The molecule has 1 saturated heterocycles. The van der Waals surface area contributed by atoms with Crippen molar-refractivity contribution in [3.8, 4) is 5.75 Å². The predicted octanol–water partition coefficient (Wildman–Crippen LogP) is 2.00. The average molecular weight is 278 g/mol. The third kappa shape index (κ3) is 3.05. The minimum absolute atomic E-state index is 0.0895. The zero-order valence-electron chi connectivity index (χ0n) is 7.95. The van der Waals surface area contributed by atoms with E-state index in [4.69, 9.17) is 4.84 Å². The van der Waals surface area contributed by atoms with Crippen LogP contribution in [0.15, 0.2) is 30.3 Å². The van der Waals surface area contributed by atoms with Crippen molar-refractivity contribution in [1.82, 2.24) is 14.3 Å². The van der Waals surface area contributed by atoms with Gasteiger partial charge in [0.25, 0.3) is 0 Å². The summed E-state index contributed by atoms with van der Waals surface area (Å²) in [5.41, 5.74) is 0. The second kappa shape index (κ2) is 5.78. The van der Waals surface area contributed by atoms with Gasteiger partial charge in [0.15, 0.2) is 0 Å². The van der Waals surface area contributed by atoms with E-state index >= 15 is 0 Å². The van der Waals surface area contributed by atoms with Crippen LogP contribution in [0.5, 0.6) is 5.75 Å². The molecule has 3 atom stereocenters. The first-order valence-corrected chi connectivity index (χ1v) is 7.45. The Kier molecular flexibility index (Phi) is 4.36. The maximum absolute atomic E-state index is 10.8. The van der Waals surface area contributed by atoms with Crippen LogP contribution >= 0.6 is 26.1 Å². The molecule has 0 saturated carbocycles. The molecular weight excluding hydrogens is 269 g/mol. The highest BCUT2D eigenvalue weighted by atomic mass is 31.2. The van der Waals surface area contributed by atoms with Gasteiger partial charge in [-0.05, 0) is 16.7 Å². The third-order valence-electron chi connectivity index (χ3n) is 1.63. The summed E-state index contributed by atoms with van der Waals surface area (Å²) in [5, 5.41) is 10.8. The number of nitro groups is 1. The van der Waals surface area contributed by atoms with Crippen molar-refractivity contribution < 1.29 is 9.53 Å². The number of hydrogen-bond acceptors (Lipinski definition) is 6. The van der Waals surface area contributed by atoms with Gasteiger partial charge in [0.1, 0.15) is 5.75 Å². The highest BCUT2D eigenvalue weighted by Crippen LogP contribution is 2.50. The van der Waals surface area contributed by atoms with Gasteiger partial charge in [-0.1, -0.05) is 18.2 Å². The first-order valence-electron chi connectivity index (χ1n) is 4.26. The number of benzene rings is 1. The summed E-state index contributed by atoms with van der Waals surface area (Å²) in [6.07, 6.45) is 0. The van der Waals surface area contributed by atoms with Crippen molar-refractivity contribution in [3.05, 3.63) is 40.4 Å². The molecule has 2 rings (SSSR count). The molecule has 1 fully saturated rings. The van der Waals surface area contributed by atoms with Gasteiger partial charge in [0, 0.05) is 8.88 Å². The molecule has 0 spiro atoms. The lowest BCUT2D eigenvalue weighted by Gasteiger charge is -2.26. The van der Waals surface area contributed by atoms with Gasteiger partial charge in [0.05, 0.1) is 13.6 Å². The molecule has 7 nitrogen and oxygen atoms in total. The number of rotatable bonds is 3. The Labute approximate surface area is 96.7 Å². The van der Waals surface area contributed by atoms with E-state index in [1.165, 1.54) is 4.60 Å². The molecule has 1 aliphatic heterocycles. The molecule has 0 radical (unpaired) electrons. The SMILES string of the molecule is O=[N+]([O-])P1NPNPN1Oc1ccccc1. The lowest BCUT2D eigenvalue weighted by Crippen LogP contribution is -2.28. The van der Waals surface area contributed by atoms with Gasteiger partial charge < -0.3 is 4.84 Å². The highest BCUT2D eigenvalue weighted by molar-refractivity contribution is 7.70. The van der Waals surface area contributed by atoms with Crippen molar-refractivity contribution in [3.63, 3.8) is 0 Å². The van der Waals surface area contributed by atoms with Gasteiger partial charge >= 0.3 is 8.37 Å². The molecule has 1 aliphatic rings. The van der Waals surface area contributed by atoms with Gasteiger partial charge in [-0.2, -0.15) is 4.86 Å². The largest absolute Gasteiger partial charge is 0.454 e. The van der Waals surface area contributed by atoms with Crippen molar-refractivity contribution in [2.45, 2.75) is 0 Å². The van der Waals surface area contributed by atoms with E-state index in [1.807, 2.05) is 18.2 Å². The van der Waals surface area contributed by atoms with E-state index in [1.54, 1.807) is 12.1 Å². The van der Waals surface area contributed by atoms with Crippen molar-refractivity contribution in [1.29, 1.82) is 0 Å². The standard InChI is InChI=1S/C6H9N4O3P3/c11-9(12)16-8-14-7-15-10(16)13-6-4-2-1-3-5-6/h1-5,7-8,14-15H. The van der Waals surface area contributed by atoms with Crippen LogP contribution in [0, 0.1) is 10.1 Å². The Morgan fingerprint density at radius 3 is 2.88 bits per heavy atom. The summed E-state index contributed by atoms with van der Waals surface area (Å²) in [6, 6.07) is 9.02. The van der Waals surface area contributed by atoms with Crippen LogP contribution in [0.25, 0.3) is 0 Å². The van der Waals surface area contributed by atoms with Crippen LogP contribution in [-0.4, -0.2) is 9.30 Å². The maximum atomic E-state index is 10.8. The summed E-state index contributed by atoms with van der Waals surface area (Å²) in [7, 11) is -1.38. The van der Waals surface area contributed by atoms with Crippen LogP contribution < -0.4 is 14.6 Å². The molecule has 16 heavy (non-hydrogen) atoms. The maximum Gasteiger partial charge on any atom is 0.454 e. The molecule has 1 heterocycles. The van der Waals surface area contributed by atoms with E-state index < -0.39 is 8.37 Å². The summed E-state index contributed by atoms with van der Waals surface area (Å²) in [6.45, 7) is 0. The molecule has 0 amide bonds. The zero-order valence-corrected chi connectivity index (χ0v) is 10.8. The normalized spacial score (nSPS) is 24.6. The Morgan fingerprint density at radius 2 is 2.19 bits per heavy atom. The number of nitrogens with one attached hydrogen (secondary N) is 2. The number of nitrogens with zero attached hydrogens (tertiary/aromatic N) is 2. The van der Waals surface area contributed by atoms with Crippen molar-refractivity contribution in [2.75, 3.05) is 0 Å². The van der Waals surface area contributed by atoms with Crippen molar-refractivity contribution >= 4 is 26.1 Å². The molecule has 2 N–H and O–H groups in total. The van der Waals surface area contributed by atoms with Gasteiger partial charge in [0.2, 0.25) is 0 Å². The summed E-state index contributed by atoms with van der Waals surface area (Å²) in [4.78, 5) is 22.0. The number of hydrogen-bond donors (Lipinski definition) is 2. The first-order chi connectivity index (χ1) is 7.77. The average Bonchev–Trinajstić information content (AvgIpc) is 2.31. The molecular formula is C6H9N4O3P3. The molecule has 1 aromatic rings. The fraction of sp³-hybridized carbons (Fsp3) is 0. The van der Waals surface area contributed by atoms with Gasteiger partial charge in [-0.15, -0.1) is 0 Å². The van der Waals surface area contributed by atoms with E-state index in [2.05, 4.69) is 9.72 Å². The van der Waals surface area contributed by atoms with Gasteiger partial charge in [-0.25, -0.2) is 0 Å². The first kappa shape index (κ1) is 12.1. The Balaban J connectivity index is 2.04. The van der Waals surface area contributed by atoms with Crippen LogP contribution in [0.2, 0.25) is 0 Å². The summed E-state index contributed by atoms with van der Waals surface area (Å²) in [5.74, 6) is 0.596. The monoisotopic (exact) mass is 278 g/mol. The Hall–Kier alpha value is -0.410. The molecule has 0 bridgehead atoms. The van der Waals surface area contributed by atoms with E-state index in [0.29, 0.717) is 5.75 Å². The summed E-state index contributed by atoms with van der Waals surface area (Å²) < 4.78 is 1.00. The fourth-order valence-electron chi connectivity index (χ4n) is 0.996. The van der Waals surface area contributed by atoms with Crippen LogP contribution in [0.4, 0.5) is 0 Å². The van der Waals surface area contributed by atoms with Crippen molar-refractivity contribution in [2.24, 2.45) is 0 Å². The molecule has 3 unspecified atom stereocenters. The smallest absolute Gasteiger partial charge is 0.391 e. The molecule has 1 aromatic carbocycles. The number of para-hydroxylation sites is 1. The summed E-state index contributed by atoms with van der Waals surface area (Å²) >= 11 is 0. The van der Waals surface area contributed by atoms with Crippen LogP contribution in [-0.2, 0) is 0 Å². The highest BCUT2D eigenvalue weighted by Gasteiger charge is 2.37. The fourth-order valence-corrected chi connectivity index (χ4v) is 5.37. The van der Waals surface area contributed by atoms with Crippen LogP contribution in [0.1, 0.15) is 0 Å². The third-order valence-corrected chi connectivity index (χ3v) is 5.71. The Morgan fingerprint density at radius 1 is 1.44 bits per heavy atom. The van der Waals surface area contributed by atoms with Gasteiger partial charge in [-0.3, -0.25) is 15.0 Å². The second-order valence-corrected chi connectivity index (χ2v) is 7.10. The second-order valence-electron chi connectivity index (χ2n) is 2.68. The topological polar surface area (TPSA) is 79.7 Å². The van der Waals surface area contributed by atoms with E-state index in [0.717, 1.165) is 0 Å². The molecule has 0 aliphatic carbocycles. The Bertz CT molecular complexity index is 367. The van der Waals surface area contributed by atoms with E-state index in [9.17, 15) is 10.1 Å². The predicted molar refractivity (Wildman–Crippen MR) is 65.7 cm³/mol. The molecule has 10 heteroatoms. The quantitative estimate of drug-likeness (QED) is 0.500. The zero-order chi connectivity index (χ0) is 11.4.